The van der Waals surface area contributed by atoms with Crippen molar-refractivity contribution in [2.24, 2.45) is 0 Å². The maximum atomic E-state index is 12.1. The summed E-state index contributed by atoms with van der Waals surface area (Å²) in [5.41, 5.74) is 8.04. The van der Waals surface area contributed by atoms with Gasteiger partial charge in [-0.05, 0) is 35.2 Å². The van der Waals surface area contributed by atoms with Crippen molar-refractivity contribution in [3.63, 3.8) is 0 Å². The third-order valence-electron chi connectivity index (χ3n) is 3.08. The lowest BCUT2D eigenvalue weighted by atomic mass is 9.87. The first-order valence-electron chi connectivity index (χ1n) is 6.50. The molecule has 0 atom stereocenters. The minimum atomic E-state index is -0.212. The number of aromatic nitrogens is 1. The first-order valence-corrected chi connectivity index (χ1v) is 6.50. The summed E-state index contributed by atoms with van der Waals surface area (Å²) in [7, 11) is 0. The zero-order valence-corrected chi connectivity index (χ0v) is 12.0. The molecule has 4 nitrogen and oxygen atoms in total. The van der Waals surface area contributed by atoms with Crippen LogP contribution in [0.15, 0.2) is 42.6 Å². The van der Waals surface area contributed by atoms with Crippen LogP contribution in [-0.4, -0.2) is 10.9 Å². The van der Waals surface area contributed by atoms with Gasteiger partial charge < -0.3 is 11.1 Å². The Morgan fingerprint density at radius 1 is 1.15 bits per heavy atom. The molecule has 1 heterocycles. The Kier molecular flexibility index (Phi) is 3.74. The minimum Gasteiger partial charge on any atom is -0.396 e. The molecule has 1 amide bonds. The lowest BCUT2D eigenvalue weighted by Gasteiger charge is -2.19. The summed E-state index contributed by atoms with van der Waals surface area (Å²) in [6.07, 6.45) is 1.59. The number of hydrogen-bond acceptors (Lipinski definition) is 3. The number of nitrogen functional groups attached to an aromatic ring is 1. The number of benzene rings is 1. The van der Waals surface area contributed by atoms with Gasteiger partial charge in [0, 0.05) is 11.8 Å². The molecule has 0 bridgehead atoms. The summed E-state index contributed by atoms with van der Waals surface area (Å²) in [4.78, 5) is 16.2. The molecule has 1 aromatic carbocycles. The van der Waals surface area contributed by atoms with Crippen molar-refractivity contribution in [3.05, 3.63) is 53.7 Å². The Bertz CT molecular complexity index is 612. The topological polar surface area (TPSA) is 68.0 Å². The molecule has 0 unspecified atom stereocenters. The van der Waals surface area contributed by atoms with E-state index >= 15 is 0 Å². The van der Waals surface area contributed by atoms with E-state index in [9.17, 15) is 4.79 Å². The number of carbonyl (C=O) groups excluding carboxylic acids is 1. The van der Waals surface area contributed by atoms with Crippen LogP contribution in [0.1, 0.15) is 36.7 Å². The lowest BCUT2D eigenvalue weighted by molar-refractivity contribution is 0.102. The molecule has 20 heavy (non-hydrogen) atoms. The van der Waals surface area contributed by atoms with E-state index in [0.29, 0.717) is 17.1 Å². The van der Waals surface area contributed by atoms with Crippen molar-refractivity contribution < 1.29 is 4.79 Å². The molecule has 0 saturated heterocycles. The van der Waals surface area contributed by atoms with Crippen LogP contribution in [0.2, 0.25) is 0 Å². The SMILES string of the molecule is CC(C)(C)c1ccc(C(=O)Nc2ncccc2N)cc1. The molecule has 0 spiro atoms. The minimum absolute atomic E-state index is 0.0699. The lowest BCUT2D eigenvalue weighted by Crippen LogP contribution is -2.15. The Morgan fingerprint density at radius 2 is 1.80 bits per heavy atom. The highest BCUT2D eigenvalue weighted by molar-refractivity contribution is 6.05. The molecule has 0 aliphatic rings. The molecule has 3 N–H and O–H groups in total. The standard InChI is InChI=1S/C16H19N3O/c1-16(2,3)12-8-6-11(7-9-12)15(20)19-14-13(17)5-4-10-18-14/h4-10H,17H2,1-3H3,(H,18,19,20). The maximum Gasteiger partial charge on any atom is 0.256 e. The van der Waals surface area contributed by atoms with Gasteiger partial charge in [-0.1, -0.05) is 32.9 Å². The zero-order chi connectivity index (χ0) is 14.8. The number of anilines is 2. The largest absolute Gasteiger partial charge is 0.396 e. The summed E-state index contributed by atoms with van der Waals surface area (Å²) in [6, 6.07) is 11.0. The average Bonchev–Trinajstić information content (AvgIpc) is 2.40. The predicted molar refractivity (Wildman–Crippen MR) is 81.7 cm³/mol. The normalized spacial score (nSPS) is 11.2. The highest BCUT2D eigenvalue weighted by atomic mass is 16.1. The van der Waals surface area contributed by atoms with E-state index in [0.717, 1.165) is 0 Å². The molecular weight excluding hydrogens is 250 g/mol. The van der Waals surface area contributed by atoms with Gasteiger partial charge in [0.2, 0.25) is 0 Å². The summed E-state index contributed by atoms with van der Waals surface area (Å²) >= 11 is 0. The van der Waals surface area contributed by atoms with Gasteiger partial charge >= 0.3 is 0 Å². The van der Waals surface area contributed by atoms with Gasteiger partial charge in [0.05, 0.1) is 5.69 Å². The summed E-state index contributed by atoms with van der Waals surface area (Å²) in [5.74, 6) is 0.174. The number of nitrogens with one attached hydrogen (secondary N) is 1. The van der Waals surface area contributed by atoms with Crippen LogP contribution in [-0.2, 0) is 5.41 Å². The third-order valence-corrected chi connectivity index (χ3v) is 3.08. The smallest absolute Gasteiger partial charge is 0.256 e. The van der Waals surface area contributed by atoms with Crippen LogP contribution < -0.4 is 11.1 Å². The summed E-state index contributed by atoms with van der Waals surface area (Å²) < 4.78 is 0. The maximum absolute atomic E-state index is 12.1. The number of hydrogen-bond donors (Lipinski definition) is 2. The van der Waals surface area contributed by atoms with Crippen LogP contribution in [0.5, 0.6) is 0 Å². The van der Waals surface area contributed by atoms with E-state index in [1.165, 1.54) is 5.56 Å². The van der Waals surface area contributed by atoms with Gasteiger partial charge in [-0.25, -0.2) is 4.98 Å². The first-order chi connectivity index (χ1) is 9.38. The van der Waals surface area contributed by atoms with Gasteiger partial charge in [0.25, 0.3) is 5.91 Å². The number of nitrogens with two attached hydrogens (primary N) is 1. The molecule has 0 aliphatic heterocycles. The molecule has 2 aromatic rings. The van der Waals surface area contributed by atoms with Crippen LogP contribution in [0.4, 0.5) is 11.5 Å². The Balaban J connectivity index is 2.16. The predicted octanol–water partition coefficient (Wildman–Crippen LogP) is 3.21. The number of pyridine rings is 1. The van der Waals surface area contributed by atoms with Gasteiger partial charge in [-0.2, -0.15) is 0 Å². The van der Waals surface area contributed by atoms with Crippen LogP contribution in [0.25, 0.3) is 0 Å². The third kappa shape index (κ3) is 3.15. The first kappa shape index (κ1) is 14.1. The van der Waals surface area contributed by atoms with Crippen molar-refractivity contribution in [1.29, 1.82) is 0 Å². The summed E-state index contributed by atoms with van der Waals surface area (Å²) in [5, 5.41) is 2.71. The highest BCUT2D eigenvalue weighted by Crippen LogP contribution is 2.22. The Morgan fingerprint density at radius 3 is 2.35 bits per heavy atom. The second-order valence-corrected chi connectivity index (χ2v) is 5.72. The van der Waals surface area contributed by atoms with Crippen LogP contribution in [0.3, 0.4) is 0 Å². The molecular formula is C16H19N3O. The van der Waals surface area contributed by atoms with E-state index in [2.05, 4.69) is 31.1 Å². The molecule has 0 aliphatic carbocycles. The molecule has 1 aromatic heterocycles. The van der Waals surface area contributed by atoms with Crippen molar-refractivity contribution in [1.82, 2.24) is 4.98 Å². The Labute approximate surface area is 119 Å². The average molecular weight is 269 g/mol. The fourth-order valence-electron chi connectivity index (χ4n) is 1.82. The molecule has 0 fully saturated rings. The van der Waals surface area contributed by atoms with Crippen molar-refractivity contribution >= 4 is 17.4 Å². The second kappa shape index (κ2) is 5.33. The van der Waals surface area contributed by atoms with Crippen molar-refractivity contribution in [2.45, 2.75) is 26.2 Å². The quantitative estimate of drug-likeness (QED) is 0.879. The van der Waals surface area contributed by atoms with E-state index in [4.69, 9.17) is 5.73 Å². The number of carbonyl (C=O) groups is 1. The fourth-order valence-corrected chi connectivity index (χ4v) is 1.82. The molecule has 4 heteroatoms. The van der Waals surface area contributed by atoms with Crippen molar-refractivity contribution in [3.8, 4) is 0 Å². The zero-order valence-electron chi connectivity index (χ0n) is 12.0. The van der Waals surface area contributed by atoms with E-state index in [-0.39, 0.29) is 11.3 Å². The Hall–Kier alpha value is -2.36. The van der Waals surface area contributed by atoms with E-state index in [1.807, 2.05) is 24.3 Å². The second-order valence-electron chi connectivity index (χ2n) is 5.72. The number of rotatable bonds is 2. The fraction of sp³-hybridized carbons (Fsp3) is 0.250. The van der Waals surface area contributed by atoms with Crippen molar-refractivity contribution in [2.75, 3.05) is 11.1 Å². The van der Waals surface area contributed by atoms with Gasteiger partial charge in [0.1, 0.15) is 0 Å². The number of amides is 1. The highest BCUT2D eigenvalue weighted by Gasteiger charge is 2.14. The summed E-state index contributed by atoms with van der Waals surface area (Å²) in [6.45, 7) is 6.41. The monoisotopic (exact) mass is 269 g/mol. The van der Waals surface area contributed by atoms with Crippen LogP contribution >= 0.6 is 0 Å². The van der Waals surface area contributed by atoms with Gasteiger partial charge in [-0.3, -0.25) is 4.79 Å². The molecule has 0 saturated carbocycles. The molecule has 2 rings (SSSR count). The van der Waals surface area contributed by atoms with Gasteiger partial charge in [0.15, 0.2) is 5.82 Å². The van der Waals surface area contributed by atoms with E-state index in [1.54, 1.807) is 18.3 Å². The molecule has 104 valence electrons. The van der Waals surface area contributed by atoms with E-state index < -0.39 is 0 Å². The van der Waals surface area contributed by atoms with Crippen LogP contribution in [0, 0.1) is 0 Å². The van der Waals surface area contributed by atoms with Gasteiger partial charge in [-0.15, -0.1) is 0 Å². The number of nitrogens with zero attached hydrogens (tertiary/aromatic N) is 1. The molecule has 0 radical (unpaired) electrons.